The standard InChI is InChI=1S/C15H20N2O4/c1-10-11(14(20)21-2)4-5-12(17-10)16-9-15(6-3-7-15)8-13(18)19/h4-5H,3,6-9H2,1-2H3,(H,16,17)(H,18,19). The lowest BCUT2D eigenvalue weighted by Crippen LogP contribution is -2.38. The van der Waals surface area contributed by atoms with Crippen LogP contribution in [0.3, 0.4) is 0 Å². The number of esters is 1. The molecule has 114 valence electrons. The first kappa shape index (κ1) is 15.3. The predicted molar refractivity (Wildman–Crippen MR) is 77.3 cm³/mol. The van der Waals surface area contributed by atoms with Crippen LogP contribution in [-0.2, 0) is 9.53 Å². The molecule has 21 heavy (non-hydrogen) atoms. The third kappa shape index (κ3) is 3.51. The van der Waals surface area contributed by atoms with Gasteiger partial charge >= 0.3 is 11.9 Å². The molecule has 0 aromatic carbocycles. The van der Waals surface area contributed by atoms with E-state index in [4.69, 9.17) is 5.11 Å². The maximum Gasteiger partial charge on any atom is 0.339 e. The maximum atomic E-state index is 11.5. The Morgan fingerprint density at radius 2 is 2.14 bits per heavy atom. The van der Waals surface area contributed by atoms with Gasteiger partial charge in [-0.1, -0.05) is 6.42 Å². The predicted octanol–water partition coefficient (Wildman–Crippen LogP) is 2.23. The van der Waals surface area contributed by atoms with E-state index in [-0.39, 0.29) is 11.8 Å². The highest BCUT2D eigenvalue weighted by Gasteiger charge is 2.38. The molecule has 2 N–H and O–H groups in total. The molecule has 0 bridgehead atoms. The van der Waals surface area contributed by atoms with Crippen LogP contribution in [0, 0.1) is 12.3 Å². The Hall–Kier alpha value is -2.11. The Labute approximate surface area is 123 Å². The number of hydrogen-bond acceptors (Lipinski definition) is 5. The molecule has 6 nitrogen and oxygen atoms in total. The number of pyridine rings is 1. The second kappa shape index (κ2) is 6.11. The summed E-state index contributed by atoms with van der Waals surface area (Å²) in [6.45, 7) is 2.33. The number of hydrogen-bond donors (Lipinski definition) is 2. The van der Waals surface area contributed by atoms with Crippen LogP contribution in [0.5, 0.6) is 0 Å². The van der Waals surface area contributed by atoms with E-state index < -0.39 is 11.9 Å². The molecule has 1 aromatic heterocycles. The van der Waals surface area contributed by atoms with Crippen LogP contribution in [0.1, 0.15) is 41.7 Å². The van der Waals surface area contributed by atoms with Crippen molar-refractivity contribution in [1.29, 1.82) is 0 Å². The van der Waals surface area contributed by atoms with Crippen molar-refractivity contribution in [2.45, 2.75) is 32.6 Å². The van der Waals surface area contributed by atoms with Gasteiger partial charge in [-0.25, -0.2) is 9.78 Å². The molecule has 1 heterocycles. The van der Waals surface area contributed by atoms with Crippen molar-refractivity contribution in [1.82, 2.24) is 4.98 Å². The zero-order valence-electron chi connectivity index (χ0n) is 12.3. The smallest absolute Gasteiger partial charge is 0.339 e. The number of carbonyl (C=O) groups is 2. The second-order valence-corrected chi connectivity index (χ2v) is 5.60. The lowest BCUT2D eigenvalue weighted by atomic mass is 9.66. The molecular formula is C15H20N2O4. The van der Waals surface area contributed by atoms with E-state index in [2.05, 4.69) is 15.0 Å². The molecule has 0 spiro atoms. The van der Waals surface area contributed by atoms with E-state index in [1.54, 1.807) is 19.1 Å². The lowest BCUT2D eigenvalue weighted by molar-refractivity contribution is -0.141. The van der Waals surface area contributed by atoms with Gasteiger partial charge in [-0.05, 0) is 37.3 Å². The minimum Gasteiger partial charge on any atom is -0.481 e. The Kier molecular flexibility index (Phi) is 4.45. The number of ether oxygens (including phenoxy) is 1. The molecule has 0 unspecified atom stereocenters. The molecule has 1 saturated carbocycles. The first-order valence-corrected chi connectivity index (χ1v) is 6.97. The summed E-state index contributed by atoms with van der Waals surface area (Å²) in [6.07, 6.45) is 3.10. The molecule has 2 rings (SSSR count). The van der Waals surface area contributed by atoms with Crippen LogP contribution >= 0.6 is 0 Å². The van der Waals surface area contributed by atoms with Crippen LogP contribution in [0.4, 0.5) is 5.82 Å². The second-order valence-electron chi connectivity index (χ2n) is 5.60. The van der Waals surface area contributed by atoms with Gasteiger partial charge in [0.1, 0.15) is 5.82 Å². The van der Waals surface area contributed by atoms with Crippen LogP contribution in [0.25, 0.3) is 0 Å². The fourth-order valence-electron chi connectivity index (χ4n) is 2.68. The monoisotopic (exact) mass is 292 g/mol. The quantitative estimate of drug-likeness (QED) is 0.782. The average Bonchev–Trinajstić information content (AvgIpc) is 2.40. The SMILES string of the molecule is COC(=O)c1ccc(NCC2(CC(=O)O)CCC2)nc1C. The first-order valence-electron chi connectivity index (χ1n) is 6.97. The minimum atomic E-state index is -0.762. The summed E-state index contributed by atoms with van der Waals surface area (Å²) in [4.78, 5) is 26.7. The Morgan fingerprint density at radius 1 is 1.43 bits per heavy atom. The van der Waals surface area contributed by atoms with Gasteiger partial charge < -0.3 is 15.2 Å². The van der Waals surface area contributed by atoms with Crippen molar-refractivity contribution < 1.29 is 19.4 Å². The lowest BCUT2D eigenvalue weighted by Gasteiger charge is -2.41. The number of carboxylic acid groups (broad SMARTS) is 1. The Bertz CT molecular complexity index is 553. The molecule has 0 radical (unpaired) electrons. The average molecular weight is 292 g/mol. The number of nitrogens with one attached hydrogen (secondary N) is 1. The highest BCUT2D eigenvalue weighted by Crippen LogP contribution is 2.43. The number of carboxylic acids is 1. The fraction of sp³-hybridized carbons (Fsp3) is 0.533. The number of nitrogens with zero attached hydrogens (tertiary/aromatic N) is 1. The number of methoxy groups -OCH3 is 1. The van der Waals surface area contributed by atoms with E-state index in [1.165, 1.54) is 7.11 Å². The molecule has 0 atom stereocenters. The van der Waals surface area contributed by atoms with Gasteiger partial charge in [-0.15, -0.1) is 0 Å². The van der Waals surface area contributed by atoms with Gasteiger partial charge in [-0.2, -0.15) is 0 Å². The number of aliphatic carboxylic acids is 1. The molecule has 1 aromatic rings. The third-order valence-electron chi connectivity index (χ3n) is 4.08. The summed E-state index contributed by atoms with van der Waals surface area (Å²) in [5.41, 5.74) is 0.863. The van der Waals surface area contributed by atoms with Crippen LogP contribution in [0.15, 0.2) is 12.1 Å². The normalized spacial score (nSPS) is 15.9. The largest absolute Gasteiger partial charge is 0.481 e. The number of carbonyl (C=O) groups excluding carboxylic acids is 1. The van der Waals surface area contributed by atoms with Crippen molar-refractivity contribution in [2.75, 3.05) is 19.0 Å². The zero-order chi connectivity index (χ0) is 15.5. The van der Waals surface area contributed by atoms with Gasteiger partial charge in [0.15, 0.2) is 0 Å². The number of aromatic nitrogens is 1. The van der Waals surface area contributed by atoms with Crippen molar-refractivity contribution in [3.05, 3.63) is 23.4 Å². The van der Waals surface area contributed by atoms with Crippen molar-refractivity contribution in [3.63, 3.8) is 0 Å². The molecule has 1 aliphatic rings. The van der Waals surface area contributed by atoms with E-state index in [1.807, 2.05) is 0 Å². The van der Waals surface area contributed by atoms with Crippen LogP contribution in [0.2, 0.25) is 0 Å². The summed E-state index contributed by atoms with van der Waals surface area (Å²) in [5, 5.41) is 12.2. The molecule has 0 aliphatic heterocycles. The topological polar surface area (TPSA) is 88.5 Å². The van der Waals surface area contributed by atoms with Gasteiger partial charge in [0, 0.05) is 6.54 Å². The van der Waals surface area contributed by atoms with Gasteiger partial charge in [0.25, 0.3) is 0 Å². The number of rotatable bonds is 6. The van der Waals surface area contributed by atoms with Crippen LogP contribution in [-0.4, -0.2) is 35.7 Å². The molecule has 6 heteroatoms. The Balaban J connectivity index is 2.02. The highest BCUT2D eigenvalue weighted by molar-refractivity contribution is 5.90. The van der Waals surface area contributed by atoms with Gasteiger partial charge in [0.05, 0.1) is 24.8 Å². The molecule has 0 amide bonds. The van der Waals surface area contributed by atoms with E-state index in [0.717, 1.165) is 19.3 Å². The van der Waals surface area contributed by atoms with Crippen molar-refractivity contribution in [2.24, 2.45) is 5.41 Å². The molecular weight excluding hydrogens is 272 g/mol. The minimum absolute atomic E-state index is 0.164. The number of anilines is 1. The van der Waals surface area contributed by atoms with E-state index >= 15 is 0 Å². The molecule has 1 aliphatic carbocycles. The zero-order valence-corrected chi connectivity index (χ0v) is 12.3. The van der Waals surface area contributed by atoms with Crippen molar-refractivity contribution >= 4 is 17.8 Å². The Morgan fingerprint density at radius 3 is 2.62 bits per heavy atom. The summed E-state index contributed by atoms with van der Waals surface area (Å²) in [6, 6.07) is 3.38. The summed E-state index contributed by atoms with van der Waals surface area (Å²) in [5.74, 6) is -0.522. The summed E-state index contributed by atoms with van der Waals surface area (Å²) < 4.78 is 4.68. The van der Waals surface area contributed by atoms with Gasteiger partial charge in [0.2, 0.25) is 0 Å². The maximum absolute atomic E-state index is 11.5. The van der Waals surface area contributed by atoms with E-state index in [9.17, 15) is 9.59 Å². The fourth-order valence-corrected chi connectivity index (χ4v) is 2.68. The van der Waals surface area contributed by atoms with Gasteiger partial charge in [-0.3, -0.25) is 4.79 Å². The number of aryl methyl sites for hydroxylation is 1. The first-order chi connectivity index (χ1) is 9.96. The highest BCUT2D eigenvalue weighted by atomic mass is 16.5. The van der Waals surface area contributed by atoms with Crippen molar-refractivity contribution in [3.8, 4) is 0 Å². The summed E-state index contributed by atoms with van der Waals surface area (Å²) in [7, 11) is 1.33. The summed E-state index contributed by atoms with van der Waals surface area (Å²) >= 11 is 0. The molecule has 0 saturated heterocycles. The van der Waals surface area contributed by atoms with Crippen LogP contribution < -0.4 is 5.32 Å². The third-order valence-corrected chi connectivity index (χ3v) is 4.08. The molecule has 1 fully saturated rings. The van der Waals surface area contributed by atoms with E-state index in [0.29, 0.717) is 23.6 Å².